The van der Waals surface area contributed by atoms with Gasteiger partial charge in [-0.2, -0.15) is 0 Å². The molecular formula is C24H24N2O4. The molecule has 3 aromatic carbocycles. The molecule has 1 saturated heterocycles. The first-order chi connectivity index (χ1) is 14.7. The molecule has 1 N–H and O–H groups in total. The second-order valence-electron chi connectivity index (χ2n) is 7.18. The molecule has 0 radical (unpaired) electrons. The Morgan fingerprint density at radius 1 is 1.00 bits per heavy atom. The summed E-state index contributed by atoms with van der Waals surface area (Å²) in [5, 5.41) is 4.80. The molecule has 0 saturated carbocycles. The smallest absolute Gasteiger partial charge is 0.258 e. The van der Waals surface area contributed by atoms with Gasteiger partial charge in [0, 0.05) is 6.54 Å². The van der Waals surface area contributed by atoms with Crippen LogP contribution in [0.15, 0.2) is 72.8 Å². The largest absolute Gasteiger partial charge is 0.484 e. The van der Waals surface area contributed by atoms with Crippen LogP contribution >= 0.6 is 0 Å². The number of rotatable bonds is 6. The minimum absolute atomic E-state index is 0.0541. The number of carbonyl (C=O) groups is 2. The second kappa shape index (κ2) is 9.41. The lowest BCUT2D eigenvalue weighted by molar-refractivity contribution is -0.139. The van der Waals surface area contributed by atoms with Crippen molar-refractivity contribution in [3.8, 4) is 5.75 Å². The van der Waals surface area contributed by atoms with E-state index in [1.54, 1.807) is 4.90 Å². The summed E-state index contributed by atoms with van der Waals surface area (Å²) in [5.41, 5.74) is 1.04. The lowest BCUT2D eigenvalue weighted by Crippen LogP contribution is -2.47. The zero-order chi connectivity index (χ0) is 20.8. The molecule has 1 atom stereocenters. The van der Waals surface area contributed by atoms with Crippen LogP contribution in [0, 0.1) is 0 Å². The molecule has 0 bridgehead atoms. The third kappa shape index (κ3) is 4.96. The summed E-state index contributed by atoms with van der Waals surface area (Å²) in [6.07, 6.45) is -0.143. The number of benzene rings is 3. The highest BCUT2D eigenvalue weighted by atomic mass is 16.5. The van der Waals surface area contributed by atoms with Gasteiger partial charge in [-0.15, -0.1) is 0 Å². The maximum atomic E-state index is 12.5. The first kappa shape index (κ1) is 19.9. The molecule has 154 valence electrons. The van der Waals surface area contributed by atoms with Crippen LogP contribution in [0.25, 0.3) is 10.8 Å². The molecule has 1 aliphatic heterocycles. The number of carbonyl (C=O) groups excluding carboxylic acids is 2. The van der Waals surface area contributed by atoms with E-state index in [1.807, 2.05) is 72.8 Å². The third-order valence-electron chi connectivity index (χ3n) is 5.12. The lowest BCUT2D eigenvalue weighted by Gasteiger charge is -2.33. The third-order valence-corrected chi connectivity index (χ3v) is 5.12. The molecule has 0 aliphatic carbocycles. The first-order valence-corrected chi connectivity index (χ1v) is 10.0. The number of morpholine rings is 1. The maximum absolute atomic E-state index is 12.5. The fourth-order valence-electron chi connectivity index (χ4n) is 3.49. The fourth-order valence-corrected chi connectivity index (χ4v) is 3.49. The molecule has 4 rings (SSSR count). The van der Waals surface area contributed by atoms with E-state index in [2.05, 4.69) is 5.32 Å². The highest BCUT2D eigenvalue weighted by molar-refractivity contribution is 5.86. The Hall–Kier alpha value is -3.38. The minimum atomic E-state index is -0.329. The summed E-state index contributed by atoms with van der Waals surface area (Å²) in [6, 6.07) is 23.5. The Balaban J connectivity index is 1.24. The van der Waals surface area contributed by atoms with Crippen molar-refractivity contribution in [2.75, 3.05) is 32.8 Å². The zero-order valence-electron chi connectivity index (χ0n) is 16.6. The van der Waals surface area contributed by atoms with Gasteiger partial charge in [0.1, 0.15) is 11.9 Å². The van der Waals surface area contributed by atoms with Crippen LogP contribution < -0.4 is 10.1 Å². The van der Waals surface area contributed by atoms with Crippen LogP contribution in [0.3, 0.4) is 0 Å². The number of fused-ring (bicyclic) bond motifs is 1. The molecular weight excluding hydrogens is 380 g/mol. The maximum Gasteiger partial charge on any atom is 0.258 e. The van der Waals surface area contributed by atoms with Gasteiger partial charge in [-0.05, 0) is 28.5 Å². The lowest BCUT2D eigenvalue weighted by atomic mass is 10.1. The van der Waals surface area contributed by atoms with Gasteiger partial charge in [-0.3, -0.25) is 9.59 Å². The van der Waals surface area contributed by atoms with E-state index in [0.717, 1.165) is 16.3 Å². The summed E-state index contributed by atoms with van der Waals surface area (Å²) >= 11 is 0. The summed E-state index contributed by atoms with van der Waals surface area (Å²) in [7, 11) is 0. The Kier molecular flexibility index (Phi) is 6.25. The standard InChI is InChI=1S/C24H24N2O4/c27-23(17-30-21-11-10-18-6-4-5-9-20(18)14-21)25-15-24(28)26-12-13-29-22(16-26)19-7-2-1-3-8-19/h1-11,14,22H,12-13,15-17H2,(H,25,27)/t22-/m0/s1. The monoisotopic (exact) mass is 404 g/mol. The number of nitrogens with zero attached hydrogens (tertiary/aromatic N) is 1. The average Bonchev–Trinajstić information content (AvgIpc) is 2.81. The number of nitrogens with one attached hydrogen (secondary N) is 1. The van der Waals surface area contributed by atoms with Crippen molar-refractivity contribution in [3.63, 3.8) is 0 Å². The van der Waals surface area contributed by atoms with Crippen LogP contribution in [-0.2, 0) is 14.3 Å². The summed E-state index contributed by atoms with van der Waals surface area (Å²) in [4.78, 5) is 26.4. The van der Waals surface area contributed by atoms with Crippen molar-refractivity contribution in [1.82, 2.24) is 10.2 Å². The van der Waals surface area contributed by atoms with Crippen molar-refractivity contribution in [1.29, 1.82) is 0 Å². The summed E-state index contributed by atoms with van der Waals surface area (Å²) < 4.78 is 11.4. The van der Waals surface area contributed by atoms with Gasteiger partial charge in [0.2, 0.25) is 5.91 Å². The summed E-state index contributed by atoms with van der Waals surface area (Å²) in [6.45, 7) is 1.28. The zero-order valence-corrected chi connectivity index (χ0v) is 16.6. The minimum Gasteiger partial charge on any atom is -0.484 e. The molecule has 0 aromatic heterocycles. The SMILES string of the molecule is O=C(COc1ccc2ccccc2c1)NCC(=O)N1CCO[C@H](c2ccccc2)C1. The molecule has 1 aliphatic rings. The van der Waals surface area contributed by atoms with E-state index in [9.17, 15) is 9.59 Å². The molecule has 3 aromatic rings. The average molecular weight is 404 g/mol. The summed E-state index contributed by atoms with van der Waals surface area (Å²) in [5.74, 6) is 0.164. The number of amides is 2. The van der Waals surface area contributed by atoms with Gasteiger partial charge in [0.25, 0.3) is 5.91 Å². The number of hydrogen-bond donors (Lipinski definition) is 1. The highest BCUT2D eigenvalue weighted by Crippen LogP contribution is 2.22. The van der Waals surface area contributed by atoms with Gasteiger partial charge < -0.3 is 19.7 Å². The van der Waals surface area contributed by atoms with E-state index in [4.69, 9.17) is 9.47 Å². The first-order valence-electron chi connectivity index (χ1n) is 10.0. The van der Waals surface area contributed by atoms with Crippen LogP contribution in [-0.4, -0.2) is 49.6 Å². The van der Waals surface area contributed by atoms with Gasteiger partial charge in [-0.25, -0.2) is 0 Å². The van der Waals surface area contributed by atoms with Gasteiger partial charge in [-0.1, -0.05) is 60.7 Å². The van der Waals surface area contributed by atoms with E-state index in [-0.39, 0.29) is 31.1 Å². The quantitative estimate of drug-likeness (QED) is 0.686. The topological polar surface area (TPSA) is 67.9 Å². The molecule has 6 heteroatoms. The Labute approximate surface area is 175 Å². The van der Waals surface area contributed by atoms with E-state index >= 15 is 0 Å². The molecule has 1 fully saturated rings. The van der Waals surface area contributed by atoms with Crippen LogP contribution in [0.1, 0.15) is 11.7 Å². The number of ether oxygens (including phenoxy) is 2. The Morgan fingerprint density at radius 3 is 2.60 bits per heavy atom. The molecule has 0 spiro atoms. The highest BCUT2D eigenvalue weighted by Gasteiger charge is 2.25. The van der Waals surface area contributed by atoms with Crippen LogP contribution in [0.4, 0.5) is 0 Å². The van der Waals surface area contributed by atoms with Gasteiger partial charge in [0.05, 0.1) is 19.7 Å². The fraction of sp³-hybridized carbons (Fsp3) is 0.250. The number of hydrogen-bond acceptors (Lipinski definition) is 4. The molecule has 0 unspecified atom stereocenters. The van der Waals surface area contributed by atoms with E-state index in [0.29, 0.717) is 25.4 Å². The van der Waals surface area contributed by atoms with Crippen molar-refractivity contribution in [3.05, 3.63) is 78.4 Å². The Bertz CT molecular complexity index is 1020. The predicted octanol–water partition coefficient (Wildman–Crippen LogP) is 2.93. The Morgan fingerprint density at radius 2 is 1.77 bits per heavy atom. The normalized spacial score (nSPS) is 16.3. The van der Waals surface area contributed by atoms with Crippen molar-refractivity contribution >= 4 is 22.6 Å². The molecule has 6 nitrogen and oxygen atoms in total. The molecule has 2 amide bonds. The molecule has 1 heterocycles. The van der Waals surface area contributed by atoms with Gasteiger partial charge >= 0.3 is 0 Å². The van der Waals surface area contributed by atoms with Gasteiger partial charge in [0.15, 0.2) is 6.61 Å². The van der Waals surface area contributed by atoms with Crippen LogP contribution in [0.5, 0.6) is 5.75 Å². The van der Waals surface area contributed by atoms with Crippen LogP contribution in [0.2, 0.25) is 0 Å². The van der Waals surface area contributed by atoms with E-state index in [1.165, 1.54) is 0 Å². The van der Waals surface area contributed by atoms with Crippen molar-refractivity contribution in [2.24, 2.45) is 0 Å². The van der Waals surface area contributed by atoms with Crippen molar-refractivity contribution in [2.45, 2.75) is 6.10 Å². The van der Waals surface area contributed by atoms with E-state index < -0.39 is 0 Å². The second-order valence-corrected chi connectivity index (χ2v) is 7.18. The van der Waals surface area contributed by atoms with Crippen molar-refractivity contribution < 1.29 is 19.1 Å². The predicted molar refractivity (Wildman–Crippen MR) is 114 cm³/mol. The molecule has 30 heavy (non-hydrogen) atoms.